The summed E-state index contributed by atoms with van der Waals surface area (Å²) in [5, 5.41) is 17.4. The van der Waals surface area contributed by atoms with Gasteiger partial charge >= 0.3 is 0 Å². The van der Waals surface area contributed by atoms with Crippen molar-refractivity contribution in [3.05, 3.63) is 63.4 Å². The van der Waals surface area contributed by atoms with Crippen LogP contribution in [0.1, 0.15) is 5.82 Å². The number of halogens is 3. The Hall–Kier alpha value is -2.15. The molecule has 0 fully saturated rings. The molecule has 1 N–H and O–H groups in total. The molecule has 24 heavy (non-hydrogen) atoms. The van der Waals surface area contributed by atoms with Gasteiger partial charge in [-0.05, 0) is 52.9 Å². The van der Waals surface area contributed by atoms with Gasteiger partial charge in [0.15, 0.2) is 5.82 Å². The smallest absolute Gasteiger partial charge is 0.162 e. The minimum atomic E-state index is 0.438. The predicted octanol–water partition coefficient (Wildman–Crippen LogP) is 4.26. The number of benzene rings is 2. The molecule has 122 valence electrons. The molecule has 0 unspecified atom stereocenters. The summed E-state index contributed by atoms with van der Waals surface area (Å²) in [6, 6.07) is 12.4. The maximum absolute atomic E-state index is 6.03. The number of nitrogens with one attached hydrogen (secondary N) is 1. The van der Waals surface area contributed by atoms with E-state index in [0.29, 0.717) is 27.3 Å². The predicted molar refractivity (Wildman–Crippen MR) is 96.4 cm³/mol. The maximum atomic E-state index is 6.03. The van der Waals surface area contributed by atoms with E-state index in [1.54, 1.807) is 41.2 Å². The summed E-state index contributed by atoms with van der Waals surface area (Å²) in [4.78, 5) is 0. The van der Waals surface area contributed by atoms with Gasteiger partial charge in [-0.3, -0.25) is 5.43 Å². The van der Waals surface area contributed by atoms with Gasteiger partial charge in [0.2, 0.25) is 0 Å². The summed E-state index contributed by atoms with van der Waals surface area (Å²) >= 11 is 17.8. The van der Waals surface area contributed by atoms with Crippen LogP contribution in [-0.2, 0) is 6.42 Å². The van der Waals surface area contributed by atoms with Gasteiger partial charge in [-0.25, -0.2) is 0 Å². The molecule has 1 aromatic heterocycles. The molecule has 0 saturated heterocycles. The Kier molecular flexibility index (Phi) is 5.30. The van der Waals surface area contributed by atoms with Gasteiger partial charge in [-0.2, -0.15) is 9.78 Å². The van der Waals surface area contributed by atoms with Gasteiger partial charge in [-0.1, -0.05) is 34.8 Å². The molecule has 3 rings (SSSR count). The summed E-state index contributed by atoms with van der Waals surface area (Å²) in [7, 11) is 0. The fourth-order valence-corrected chi connectivity index (χ4v) is 2.34. The number of hydrogen-bond donors (Lipinski definition) is 1. The van der Waals surface area contributed by atoms with Crippen molar-refractivity contribution >= 4 is 46.7 Å². The third kappa shape index (κ3) is 4.03. The van der Waals surface area contributed by atoms with Crippen molar-refractivity contribution in [2.75, 3.05) is 5.43 Å². The van der Waals surface area contributed by atoms with Crippen LogP contribution in [-0.4, -0.2) is 26.4 Å². The Balaban J connectivity index is 1.68. The van der Waals surface area contributed by atoms with E-state index in [1.165, 1.54) is 0 Å². The van der Waals surface area contributed by atoms with Crippen LogP contribution in [0.3, 0.4) is 0 Å². The normalized spacial score (nSPS) is 11.1. The fraction of sp³-hybridized carbons (Fsp3) is 0.0667. The van der Waals surface area contributed by atoms with E-state index in [1.807, 2.05) is 12.1 Å². The quantitative estimate of drug-likeness (QED) is 0.529. The molecular weight excluding hydrogens is 371 g/mol. The Morgan fingerprint density at radius 1 is 1.04 bits per heavy atom. The fourth-order valence-electron chi connectivity index (χ4n) is 1.92. The Morgan fingerprint density at radius 3 is 2.58 bits per heavy atom. The third-order valence-electron chi connectivity index (χ3n) is 3.08. The zero-order valence-corrected chi connectivity index (χ0v) is 14.5. The van der Waals surface area contributed by atoms with Gasteiger partial charge in [0.05, 0.1) is 21.4 Å². The molecule has 3 aromatic rings. The molecule has 0 spiro atoms. The second-order valence-corrected chi connectivity index (χ2v) is 5.99. The van der Waals surface area contributed by atoms with Crippen molar-refractivity contribution in [1.82, 2.24) is 20.2 Å². The molecule has 0 radical (unpaired) electrons. The van der Waals surface area contributed by atoms with Crippen molar-refractivity contribution in [2.24, 2.45) is 5.10 Å². The van der Waals surface area contributed by atoms with Crippen LogP contribution < -0.4 is 5.43 Å². The van der Waals surface area contributed by atoms with Crippen LogP contribution in [0.15, 0.2) is 47.6 Å². The summed E-state index contributed by atoms with van der Waals surface area (Å²) in [5.74, 6) is 0.620. The molecule has 0 aliphatic heterocycles. The molecule has 0 aliphatic rings. The second kappa shape index (κ2) is 7.61. The van der Waals surface area contributed by atoms with Crippen LogP contribution in [0.4, 0.5) is 5.69 Å². The molecule has 0 aliphatic carbocycles. The summed E-state index contributed by atoms with van der Waals surface area (Å²) in [6.07, 6.45) is 2.11. The lowest BCUT2D eigenvalue weighted by atomic mass is 10.3. The van der Waals surface area contributed by atoms with E-state index in [9.17, 15) is 0 Å². The average Bonchev–Trinajstić information content (AvgIpc) is 3.04. The number of rotatable bonds is 5. The van der Waals surface area contributed by atoms with E-state index in [0.717, 1.165) is 11.4 Å². The Morgan fingerprint density at radius 2 is 1.83 bits per heavy atom. The minimum Gasteiger partial charge on any atom is -0.279 e. The van der Waals surface area contributed by atoms with E-state index in [4.69, 9.17) is 34.8 Å². The van der Waals surface area contributed by atoms with Gasteiger partial charge in [0, 0.05) is 17.7 Å². The van der Waals surface area contributed by atoms with Gasteiger partial charge < -0.3 is 0 Å². The maximum Gasteiger partial charge on any atom is 0.162 e. The molecule has 0 saturated carbocycles. The molecule has 0 bridgehead atoms. The van der Waals surface area contributed by atoms with Crippen LogP contribution in [0.2, 0.25) is 15.1 Å². The van der Waals surface area contributed by atoms with Crippen molar-refractivity contribution in [3.63, 3.8) is 0 Å². The lowest BCUT2D eigenvalue weighted by molar-refractivity contribution is 0.776. The van der Waals surface area contributed by atoms with Gasteiger partial charge in [-0.15, -0.1) is 5.10 Å². The van der Waals surface area contributed by atoms with E-state index in [2.05, 4.69) is 26.1 Å². The van der Waals surface area contributed by atoms with E-state index in [-0.39, 0.29) is 0 Å². The van der Waals surface area contributed by atoms with Crippen molar-refractivity contribution < 1.29 is 0 Å². The summed E-state index contributed by atoms with van der Waals surface area (Å²) < 4.78 is 1.58. The largest absolute Gasteiger partial charge is 0.279 e. The number of hydrogen-bond acceptors (Lipinski definition) is 5. The van der Waals surface area contributed by atoms with Crippen LogP contribution in [0, 0.1) is 0 Å². The molecule has 9 heteroatoms. The molecule has 0 atom stereocenters. The first-order chi connectivity index (χ1) is 11.6. The molecule has 2 aromatic carbocycles. The summed E-state index contributed by atoms with van der Waals surface area (Å²) in [5.41, 5.74) is 4.46. The number of hydrazone groups is 1. The monoisotopic (exact) mass is 380 g/mol. The highest BCUT2D eigenvalue weighted by atomic mass is 35.5. The zero-order valence-electron chi connectivity index (χ0n) is 12.2. The number of tetrazole rings is 1. The number of anilines is 1. The SMILES string of the molecule is Clc1ccc(N/N=C/Cc2nnnn2-c2ccc(Cl)c(Cl)c2)cc1. The highest BCUT2D eigenvalue weighted by Gasteiger charge is 2.08. The van der Waals surface area contributed by atoms with Gasteiger partial charge in [0.1, 0.15) is 0 Å². The zero-order chi connectivity index (χ0) is 16.9. The average molecular weight is 382 g/mol. The van der Waals surface area contributed by atoms with Crippen LogP contribution in [0.5, 0.6) is 0 Å². The first kappa shape index (κ1) is 16.7. The van der Waals surface area contributed by atoms with Gasteiger partial charge in [0.25, 0.3) is 0 Å². The number of nitrogens with zero attached hydrogens (tertiary/aromatic N) is 5. The van der Waals surface area contributed by atoms with Crippen LogP contribution >= 0.6 is 34.8 Å². The summed E-state index contributed by atoms with van der Waals surface area (Å²) in [6.45, 7) is 0. The van der Waals surface area contributed by atoms with Crippen molar-refractivity contribution in [1.29, 1.82) is 0 Å². The molecule has 0 amide bonds. The lowest BCUT2D eigenvalue weighted by Gasteiger charge is -2.04. The molecular formula is C15H11Cl3N6. The van der Waals surface area contributed by atoms with Crippen molar-refractivity contribution in [3.8, 4) is 5.69 Å². The first-order valence-electron chi connectivity index (χ1n) is 6.89. The van der Waals surface area contributed by atoms with Crippen LogP contribution in [0.25, 0.3) is 5.69 Å². The lowest BCUT2D eigenvalue weighted by Crippen LogP contribution is -2.04. The van der Waals surface area contributed by atoms with E-state index < -0.39 is 0 Å². The Labute approximate surface area is 153 Å². The van der Waals surface area contributed by atoms with Crippen molar-refractivity contribution in [2.45, 2.75) is 6.42 Å². The third-order valence-corrected chi connectivity index (χ3v) is 4.08. The minimum absolute atomic E-state index is 0.438. The van der Waals surface area contributed by atoms with E-state index >= 15 is 0 Å². The topological polar surface area (TPSA) is 68.0 Å². The molecule has 1 heterocycles. The second-order valence-electron chi connectivity index (χ2n) is 4.74. The highest BCUT2D eigenvalue weighted by molar-refractivity contribution is 6.42. The first-order valence-corrected chi connectivity index (χ1v) is 8.02. The Bertz CT molecular complexity index is 860. The highest BCUT2D eigenvalue weighted by Crippen LogP contribution is 2.24. The standard InChI is InChI=1S/C15H11Cl3N6/c16-10-1-3-11(4-2-10)20-19-8-7-15-21-22-23-24(15)12-5-6-13(17)14(18)9-12/h1-6,8-9,20H,7H2/b19-8+. The molecule has 6 nitrogen and oxygen atoms in total. The number of aromatic nitrogens is 4.